The van der Waals surface area contributed by atoms with Gasteiger partial charge in [-0.3, -0.25) is 0 Å². The number of carbonyl (C=O) groups is 1. The first-order chi connectivity index (χ1) is 10.2. The number of urea groups is 1. The number of amides is 2. The number of nitrogens with one attached hydrogen (secondary N) is 2. The molecule has 2 amide bonds. The van der Waals surface area contributed by atoms with Crippen LogP contribution in [-0.4, -0.2) is 30.4 Å². The average molecular weight is 289 g/mol. The molecule has 6 nitrogen and oxygen atoms in total. The van der Waals surface area contributed by atoms with Crippen LogP contribution in [0, 0.1) is 6.92 Å². The number of fused-ring (bicyclic) bond motifs is 1. The molecule has 1 aromatic carbocycles. The monoisotopic (exact) mass is 289 g/mol. The highest BCUT2D eigenvalue weighted by Crippen LogP contribution is 2.19. The molecule has 0 bridgehead atoms. The largest absolute Gasteiger partial charge is 0.376 e. The van der Waals surface area contributed by atoms with Gasteiger partial charge < -0.3 is 19.9 Å². The van der Waals surface area contributed by atoms with Crippen molar-refractivity contribution in [2.75, 3.05) is 13.2 Å². The SMILES string of the molecule is Cc1ccc2onc(CNC(=O)NCC3CCCO3)c2c1. The Labute approximate surface area is 122 Å². The molecule has 2 N–H and O–H groups in total. The van der Waals surface area contributed by atoms with Gasteiger partial charge in [0, 0.05) is 18.5 Å². The number of hydrogen-bond acceptors (Lipinski definition) is 4. The molecule has 0 radical (unpaired) electrons. The molecule has 112 valence electrons. The molecule has 1 fully saturated rings. The molecular weight excluding hydrogens is 270 g/mol. The highest BCUT2D eigenvalue weighted by atomic mass is 16.5. The zero-order valence-electron chi connectivity index (χ0n) is 12.0. The molecule has 0 saturated carbocycles. The number of aromatic nitrogens is 1. The third kappa shape index (κ3) is 3.33. The Morgan fingerprint density at radius 3 is 3.14 bits per heavy atom. The summed E-state index contributed by atoms with van der Waals surface area (Å²) in [5.74, 6) is 0. The van der Waals surface area contributed by atoms with Gasteiger partial charge in [0.1, 0.15) is 5.69 Å². The fourth-order valence-electron chi connectivity index (χ4n) is 2.47. The second-order valence-electron chi connectivity index (χ2n) is 5.33. The van der Waals surface area contributed by atoms with Gasteiger partial charge in [-0.05, 0) is 31.9 Å². The maximum Gasteiger partial charge on any atom is 0.315 e. The minimum Gasteiger partial charge on any atom is -0.376 e. The second kappa shape index (κ2) is 6.13. The fourth-order valence-corrected chi connectivity index (χ4v) is 2.47. The maximum absolute atomic E-state index is 11.8. The van der Waals surface area contributed by atoms with Gasteiger partial charge in [-0.15, -0.1) is 0 Å². The summed E-state index contributed by atoms with van der Waals surface area (Å²) in [5, 5.41) is 10.5. The lowest BCUT2D eigenvalue weighted by Crippen LogP contribution is -2.39. The smallest absolute Gasteiger partial charge is 0.315 e. The summed E-state index contributed by atoms with van der Waals surface area (Å²) in [4.78, 5) is 11.8. The van der Waals surface area contributed by atoms with Crippen LogP contribution in [0.1, 0.15) is 24.1 Å². The Morgan fingerprint density at radius 1 is 1.43 bits per heavy atom. The van der Waals surface area contributed by atoms with Crippen LogP contribution in [0.5, 0.6) is 0 Å². The van der Waals surface area contributed by atoms with E-state index in [1.807, 2.05) is 25.1 Å². The predicted molar refractivity (Wildman–Crippen MR) is 78.0 cm³/mol. The standard InChI is InChI=1S/C15H19N3O3/c1-10-4-5-14-12(7-10)13(18-21-14)9-17-15(19)16-8-11-3-2-6-20-11/h4-5,7,11H,2-3,6,8-9H2,1H3,(H2,16,17,19). The van der Waals surface area contributed by atoms with Crippen LogP contribution in [0.2, 0.25) is 0 Å². The first-order valence-electron chi connectivity index (χ1n) is 7.20. The Hall–Kier alpha value is -2.08. The van der Waals surface area contributed by atoms with Crippen LogP contribution >= 0.6 is 0 Å². The molecule has 3 rings (SSSR count). The zero-order chi connectivity index (χ0) is 14.7. The molecule has 2 aromatic rings. The van der Waals surface area contributed by atoms with E-state index in [2.05, 4.69) is 15.8 Å². The van der Waals surface area contributed by atoms with Crippen LogP contribution in [0.25, 0.3) is 11.0 Å². The van der Waals surface area contributed by atoms with Crippen molar-refractivity contribution in [3.63, 3.8) is 0 Å². The summed E-state index contributed by atoms with van der Waals surface area (Å²) in [6, 6.07) is 5.65. The summed E-state index contributed by atoms with van der Waals surface area (Å²) in [6.45, 7) is 3.69. The zero-order valence-corrected chi connectivity index (χ0v) is 12.0. The van der Waals surface area contributed by atoms with E-state index in [9.17, 15) is 4.79 Å². The van der Waals surface area contributed by atoms with Gasteiger partial charge in [-0.25, -0.2) is 4.79 Å². The van der Waals surface area contributed by atoms with E-state index >= 15 is 0 Å². The molecule has 1 atom stereocenters. The van der Waals surface area contributed by atoms with Crippen molar-refractivity contribution in [2.24, 2.45) is 0 Å². The molecule has 6 heteroatoms. The maximum atomic E-state index is 11.8. The topological polar surface area (TPSA) is 76.4 Å². The molecule has 1 aromatic heterocycles. The molecule has 2 heterocycles. The first kappa shape index (κ1) is 13.9. The molecular formula is C15H19N3O3. The second-order valence-corrected chi connectivity index (χ2v) is 5.33. The van der Waals surface area contributed by atoms with E-state index in [0.29, 0.717) is 13.1 Å². The average Bonchev–Trinajstić information content (AvgIpc) is 3.12. The Bertz CT molecular complexity index is 632. The summed E-state index contributed by atoms with van der Waals surface area (Å²) in [7, 11) is 0. The highest BCUT2D eigenvalue weighted by molar-refractivity contribution is 5.81. The van der Waals surface area contributed by atoms with E-state index in [1.165, 1.54) is 0 Å². The van der Waals surface area contributed by atoms with Crippen LogP contribution in [0.3, 0.4) is 0 Å². The number of nitrogens with zero attached hydrogens (tertiary/aromatic N) is 1. The van der Waals surface area contributed by atoms with Crippen molar-refractivity contribution < 1.29 is 14.1 Å². The molecule has 21 heavy (non-hydrogen) atoms. The van der Waals surface area contributed by atoms with Crippen molar-refractivity contribution in [1.82, 2.24) is 15.8 Å². The van der Waals surface area contributed by atoms with E-state index < -0.39 is 0 Å². The number of rotatable bonds is 4. The molecule has 1 unspecified atom stereocenters. The van der Waals surface area contributed by atoms with Crippen molar-refractivity contribution in [2.45, 2.75) is 32.4 Å². The van der Waals surface area contributed by atoms with Gasteiger partial charge in [0.25, 0.3) is 0 Å². The van der Waals surface area contributed by atoms with Crippen LogP contribution in [0.4, 0.5) is 4.79 Å². The third-order valence-electron chi connectivity index (χ3n) is 3.63. The van der Waals surface area contributed by atoms with Gasteiger partial charge in [-0.1, -0.05) is 16.8 Å². The van der Waals surface area contributed by atoms with Gasteiger partial charge in [0.2, 0.25) is 0 Å². The van der Waals surface area contributed by atoms with Crippen molar-refractivity contribution in [3.8, 4) is 0 Å². The van der Waals surface area contributed by atoms with Gasteiger partial charge in [-0.2, -0.15) is 0 Å². The van der Waals surface area contributed by atoms with Crippen LogP contribution in [-0.2, 0) is 11.3 Å². The minimum atomic E-state index is -0.214. The summed E-state index contributed by atoms with van der Waals surface area (Å²) < 4.78 is 10.7. The number of aryl methyl sites for hydroxylation is 1. The minimum absolute atomic E-state index is 0.145. The van der Waals surface area contributed by atoms with E-state index in [0.717, 1.165) is 41.7 Å². The molecule has 0 spiro atoms. The van der Waals surface area contributed by atoms with Crippen molar-refractivity contribution in [3.05, 3.63) is 29.5 Å². The van der Waals surface area contributed by atoms with Crippen LogP contribution < -0.4 is 10.6 Å². The number of hydrogen-bond donors (Lipinski definition) is 2. The van der Waals surface area contributed by atoms with E-state index in [1.54, 1.807) is 0 Å². The Kier molecular flexibility index (Phi) is 4.06. The predicted octanol–water partition coefficient (Wildman–Crippen LogP) is 2.11. The van der Waals surface area contributed by atoms with Gasteiger partial charge in [0.05, 0.1) is 12.6 Å². The van der Waals surface area contributed by atoms with Gasteiger partial charge in [0.15, 0.2) is 5.58 Å². The summed E-state index contributed by atoms with van der Waals surface area (Å²) >= 11 is 0. The van der Waals surface area contributed by atoms with Crippen molar-refractivity contribution in [1.29, 1.82) is 0 Å². The number of carbonyl (C=O) groups excluding carboxylic acids is 1. The van der Waals surface area contributed by atoms with Gasteiger partial charge >= 0.3 is 6.03 Å². The summed E-state index contributed by atoms with van der Waals surface area (Å²) in [6.07, 6.45) is 2.22. The normalized spacial score (nSPS) is 18.0. The van der Waals surface area contributed by atoms with E-state index in [-0.39, 0.29) is 12.1 Å². The molecule has 1 aliphatic rings. The molecule has 0 aliphatic carbocycles. The number of benzene rings is 1. The lowest BCUT2D eigenvalue weighted by Gasteiger charge is -2.11. The Morgan fingerprint density at radius 2 is 2.33 bits per heavy atom. The lowest BCUT2D eigenvalue weighted by molar-refractivity contribution is 0.111. The van der Waals surface area contributed by atoms with Crippen molar-refractivity contribution >= 4 is 17.0 Å². The number of ether oxygens (including phenoxy) is 1. The first-order valence-corrected chi connectivity index (χ1v) is 7.20. The van der Waals surface area contributed by atoms with Crippen LogP contribution in [0.15, 0.2) is 22.7 Å². The summed E-state index contributed by atoms with van der Waals surface area (Å²) in [5.41, 5.74) is 2.60. The third-order valence-corrected chi connectivity index (χ3v) is 3.63. The quantitative estimate of drug-likeness (QED) is 0.904. The highest BCUT2D eigenvalue weighted by Gasteiger charge is 2.16. The molecule has 1 aliphatic heterocycles. The lowest BCUT2D eigenvalue weighted by atomic mass is 10.1. The fraction of sp³-hybridized carbons (Fsp3) is 0.467. The molecule has 1 saturated heterocycles. The Balaban J connectivity index is 1.53. The van der Waals surface area contributed by atoms with E-state index in [4.69, 9.17) is 9.26 Å².